The van der Waals surface area contributed by atoms with Gasteiger partial charge < -0.3 is 4.74 Å². The molecule has 1 rings (SSSR count). The number of aromatic nitrogens is 3. The van der Waals surface area contributed by atoms with Crippen molar-refractivity contribution in [3.8, 4) is 0 Å². The Morgan fingerprint density at radius 3 is 2.80 bits per heavy atom. The van der Waals surface area contributed by atoms with Crippen molar-refractivity contribution < 1.29 is 9.53 Å². The van der Waals surface area contributed by atoms with E-state index in [4.69, 9.17) is 4.74 Å². The molecule has 84 valence electrons. The summed E-state index contributed by atoms with van der Waals surface area (Å²) in [5.41, 5.74) is 0. The Morgan fingerprint density at radius 1 is 1.60 bits per heavy atom. The van der Waals surface area contributed by atoms with E-state index in [0.29, 0.717) is 18.2 Å². The molecule has 0 aromatic carbocycles. The highest BCUT2D eigenvalue weighted by Gasteiger charge is 2.20. The first-order valence-electron chi connectivity index (χ1n) is 4.89. The molecule has 0 aliphatic heterocycles. The van der Waals surface area contributed by atoms with Crippen LogP contribution < -0.4 is 0 Å². The number of H-pyrrole nitrogens is 1. The topological polar surface area (TPSA) is 67.9 Å². The molecule has 5 nitrogen and oxygen atoms in total. The van der Waals surface area contributed by atoms with E-state index in [2.05, 4.69) is 15.2 Å². The summed E-state index contributed by atoms with van der Waals surface area (Å²) in [6.45, 7) is 5.96. The molecule has 0 bridgehead atoms. The number of carbonyl (C=O) groups is 1. The number of aromatic amines is 1. The average Bonchev–Trinajstić information content (AvgIpc) is 2.61. The third kappa shape index (κ3) is 3.54. The second-order valence-corrected chi connectivity index (χ2v) is 4.14. The largest absolute Gasteiger partial charge is 0.465 e. The summed E-state index contributed by atoms with van der Waals surface area (Å²) in [4.78, 5) is 15.6. The highest BCUT2D eigenvalue weighted by molar-refractivity contribution is 8.00. The van der Waals surface area contributed by atoms with E-state index >= 15 is 0 Å². The summed E-state index contributed by atoms with van der Waals surface area (Å²) in [6, 6.07) is 0. The van der Waals surface area contributed by atoms with Crippen molar-refractivity contribution in [2.75, 3.05) is 6.61 Å². The SMILES string of the molecule is CCOC(=O)C(CC)Sc1n[nH]c(C)n1. The number of hydrogen-bond acceptors (Lipinski definition) is 5. The van der Waals surface area contributed by atoms with Gasteiger partial charge >= 0.3 is 5.97 Å². The van der Waals surface area contributed by atoms with Gasteiger partial charge in [-0.1, -0.05) is 18.7 Å². The van der Waals surface area contributed by atoms with E-state index in [1.807, 2.05) is 13.8 Å². The van der Waals surface area contributed by atoms with E-state index in [1.165, 1.54) is 11.8 Å². The van der Waals surface area contributed by atoms with Gasteiger partial charge in [-0.3, -0.25) is 9.89 Å². The highest BCUT2D eigenvalue weighted by Crippen LogP contribution is 2.22. The molecule has 1 unspecified atom stereocenters. The monoisotopic (exact) mass is 229 g/mol. The van der Waals surface area contributed by atoms with E-state index < -0.39 is 0 Å². The summed E-state index contributed by atoms with van der Waals surface area (Å²) >= 11 is 1.33. The van der Waals surface area contributed by atoms with Gasteiger partial charge in [-0.05, 0) is 20.3 Å². The number of carbonyl (C=O) groups excluding carboxylic acids is 1. The lowest BCUT2D eigenvalue weighted by Crippen LogP contribution is -2.19. The number of nitrogens with one attached hydrogen (secondary N) is 1. The van der Waals surface area contributed by atoms with Gasteiger partial charge in [0.05, 0.1) is 6.61 Å². The summed E-state index contributed by atoms with van der Waals surface area (Å²) in [6.07, 6.45) is 0.705. The quantitative estimate of drug-likeness (QED) is 0.613. The van der Waals surface area contributed by atoms with Gasteiger partial charge in [-0.25, -0.2) is 4.98 Å². The van der Waals surface area contributed by atoms with Crippen LogP contribution in [0.2, 0.25) is 0 Å². The molecule has 0 aliphatic carbocycles. The summed E-state index contributed by atoms with van der Waals surface area (Å²) in [7, 11) is 0. The number of hydrogen-bond donors (Lipinski definition) is 1. The van der Waals surface area contributed by atoms with Gasteiger partial charge in [0.1, 0.15) is 11.1 Å². The molecule has 1 heterocycles. The predicted octanol–water partition coefficient (Wildman–Crippen LogP) is 1.55. The molecular weight excluding hydrogens is 214 g/mol. The molecule has 0 amide bonds. The van der Waals surface area contributed by atoms with E-state index in [0.717, 1.165) is 5.82 Å². The molecular formula is C9H15N3O2S. The molecule has 1 aromatic heterocycles. The second-order valence-electron chi connectivity index (χ2n) is 2.97. The van der Waals surface area contributed by atoms with Crippen molar-refractivity contribution in [2.24, 2.45) is 0 Å². The number of nitrogens with zero attached hydrogens (tertiary/aromatic N) is 2. The Bertz CT molecular complexity index is 327. The maximum Gasteiger partial charge on any atom is 0.319 e. The zero-order valence-electron chi connectivity index (χ0n) is 9.11. The zero-order valence-corrected chi connectivity index (χ0v) is 9.93. The number of esters is 1. The van der Waals surface area contributed by atoms with Gasteiger partial charge in [-0.2, -0.15) is 0 Å². The summed E-state index contributed by atoms with van der Waals surface area (Å²) in [5.74, 6) is 0.545. The molecule has 0 aliphatic rings. The van der Waals surface area contributed by atoms with Crippen LogP contribution in [-0.4, -0.2) is 33.0 Å². The molecule has 1 atom stereocenters. The highest BCUT2D eigenvalue weighted by atomic mass is 32.2. The maximum absolute atomic E-state index is 11.5. The van der Waals surface area contributed by atoms with Crippen LogP contribution in [0.1, 0.15) is 26.1 Å². The molecule has 0 saturated carbocycles. The van der Waals surface area contributed by atoms with Crippen LogP contribution in [0, 0.1) is 6.92 Å². The van der Waals surface area contributed by atoms with E-state index in [9.17, 15) is 4.79 Å². The van der Waals surface area contributed by atoms with Crippen LogP contribution in [-0.2, 0) is 9.53 Å². The van der Waals surface area contributed by atoms with E-state index in [-0.39, 0.29) is 11.2 Å². The fraction of sp³-hybridized carbons (Fsp3) is 0.667. The predicted molar refractivity (Wildman–Crippen MR) is 57.7 cm³/mol. The maximum atomic E-state index is 11.5. The van der Waals surface area contributed by atoms with Crippen LogP contribution in [0.15, 0.2) is 5.16 Å². The Balaban J connectivity index is 2.57. The number of thioether (sulfide) groups is 1. The fourth-order valence-corrected chi connectivity index (χ4v) is 1.91. The van der Waals surface area contributed by atoms with Gasteiger partial charge in [0, 0.05) is 0 Å². The fourth-order valence-electron chi connectivity index (χ4n) is 1.04. The minimum absolute atomic E-state index is 0.201. The minimum atomic E-state index is -0.222. The molecule has 0 saturated heterocycles. The van der Waals surface area contributed by atoms with Gasteiger partial charge in [0.25, 0.3) is 0 Å². The van der Waals surface area contributed by atoms with Crippen LogP contribution >= 0.6 is 11.8 Å². The summed E-state index contributed by atoms with van der Waals surface area (Å²) < 4.78 is 4.95. The van der Waals surface area contributed by atoms with Crippen molar-refractivity contribution in [1.82, 2.24) is 15.2 Å². The molecule has 0 spiro atoms. The Labute approximate surface area is 93.0 Å². The molecule has 0 radical (unpaired) electrons. The third-order valence-corrected chi connectivity index (χ3v) is 2.95. The van der Waals surface area contributed by atoms with Crippen molar-refractivity contribution in [2.45, 2.75) is 37.6 Å². The van der Waals surface area contributed by atoms with Crippen molar-refractivity contribution in [1.29, 1.82) is 0 Å². The number of rotatable bonds is 5. The summed E-state index contributed by atoms with van der Waals surface area (Å²) in [5, 5.41) is 7.07. The lowest BCUT2D eigenvalue weighted by molar-refractivity contribution is -0.142. The van der Waals surface area contributed by atoms with Gasteiger partial charge in [0.2, 0.25) is 5.16 Å². The Kier molecular flexibility index (Phi) is 4.61. The Hall–Kier alpha value is -1.04. The first-order chi connectivity index (χ1) is 7.17. The normalized spacial score (nSPS) is 12.5. The molecule has 15 heavy (non-hydrogen) atoms. The Morgan fingerprint density at radius 2 is 2.33 bits per heavy atom. The smallest absolute Gasteiger partial charge is 0.319 e. The van der Waals surface area contributed by atoms with Crippen LogP contribution in [0.5, 0.6) is 0 Å². The minimum Gasteiger partial charge on any atom is -0.465 e. The number of aryl methyl sites for hydroxylation is 1. The van der Waals surface area contributed by atoms with E-state index in [1.54, 1.807) is 6.92 Å². The van der Waals surface area contributed by atoms with Gasteiger partial charge in [0.15, 0.2) is 0 Å². The number of ether oxygens (including phenoxy) is 1. The van der Waals surface area contributed by atoms with Crippen molar-refractivity contribution in [3.05, 3.63) is 5.82 Å². The second kappa shape index (κ2) is 5.75. The molecule has 6 heteroatoms. The third-order valence-electron chi connectivity index (χ3n) is 1.74. The van der Waals surface area contributed by atoms with Crippen LogP contribution in [0.3, 0.4) is 0 Å². The van der Waals surface area contributed by atoms with Gasteiger partial charge in [-0.15, -0.1) is 5.10 Å². The molecule has 1 aromatic rings. The standard InChI is InChI=1S/C9H15N3O2S/c1-4-7(8(13)14-5-2)15-9-10-6(3)11-12-9/h7H,4-5H2,1-3H3,(H,10,11,12). The zero-order chi connectivity index (χ0) is 11.3. The van der Waals surface area contributed by atoms with Crippen molar-refractivity contribution in [3.63, 3.8) is 0 Å². The molecule has 0 fully saturated rings. The molecule has 1 N–H and O–H groups in total. The van der Waals surface area contributed by atoms with Crippen molar-refractivity contribution >= 4 is 17.7 Å². The first kappa shape index (κ1) is 12.0. The average molecular weight is 229 g/mol. The van der Waals surface area contributed by atoms with Crippen LogP contribution in [0.4, 0.5) is 0 Å². The first-order valence-corrected chi connectivity index (χ1v) is 5.77. The van der Waals surface area contributed by atoms with Crippen LogP contribution in [0.25, 0.3) is 0 Å². The lowest BCUT2D eigenvalue weighted by atomic mass is 10.3. The lowest BCUT2D eigenvalue weighted by Gasteiger charge is -2.10.